The summed E-state index contributed by atoms with van der Waals surface area (Å²) in [4.78, 5) is 38.3. The zero-order valence-electron chi connectivity index (χ0n) is 21.3. The lowest BCUT2D eigenvalue weighted by Gasteiger charge is -2.19. The Morgan fingerprint density at radius 3 is 2.81 bits per heavy atom. The van der Waals surface area contributed by atoms with Gasteiger partial charge in [0.05, 0.1) is 22.6 Å². The summed E-state index contributed by atoms with van der Waals surface area (Å²) in [5.41, 5.74) is 7.00. The molecule has 6 rings (SSSR count). The molecule has 192 valence electrons. The first-order valence-corrected chi connectivity index (χ1v) is 14.2. The van der Waals surface area contributed by atoms with Crippen LogP contribution in [-0.2, 0) is 19.4 Å². The van der Waals surface area contributed by atoms with Crippen LogP contribution in [0, 0.1) is 0 Å². The number of H-pyrrole nitrogens is 1. The fraction of sp³-hybridized carbons (Fsp3) is 0.414. The first kappa shape index (κ1) is 24.1. The molecule has 3 aromatic rings. The number of likely N-dealkylation sites (tertiary alicyclic amines) is 1. The predicted molar refractivity (Wildman–Crippen MR) is 150 cm³/mol. The molecule has 0 bridgehead atoms. The Morgan fingerprint density at radius 1 is 1.14 bits per heavy atom. The molecular formula is C29H33N5O2S. The second-order valence-corrected chi connectivity index (χ2v) is 11.3. The monoisotopic (exact) mass is 515 g/mol. The van der Waals surface area contributed by atoms with E-state index in [9.17, 15) is 9.59 Å². The number of aliphatic imine (C=N–C) groups is 1. The lowest BCUT2D eigenvalue weighted by molar-refractivity contribution is 0.0772. The van der Waals surface area contributed by atoms with E-state index in [1.807, 2.05) is 17.0 Å². The Kier molecular flexibility index (Phi) is 6.69. The fourth-order valence-electron chi connectivity index (χ4n) is 5.85. The quantitative estimate of drug-likeness (QED) is 0.437. The fourth-order valence-corrected chi connectivity index (χ4v) is 6.53. The molecule has 8 heteroatoms. The van der Waals surface area contributed by atoms with Gasteiger partial charge in [-0.15, -0.1) is 0 Å². The maximum Gasteiger partial charge on any atom is 0.259 e. The highest BCUT2D eigenvalue weighted by atomic mass is 32.1. The summed E-state index contributed by atoms with van der Waals surface area (Å²) in [5, 5.41) is 7.77. The van der Waals surface area contributed by atoms with Crippen LogP contribution in [0.25, 0.3) is 0 Å². The minimum Gasteiger partial charge on any atom is -0.382 e. The number of benzene rings is 1. The molecule has 1 atom stereocenters. The van der Waals surface area contributed by atoms with Crippen LogP contribution in [-0.4, -0.2) is 58.6 Å². The van der Waals surface area contributed by atoms with Crippen molar-refractivity contribution >= 4 is 34.3 Å². The summed E-state index contributed by atoms with van der Waals surface area (Å²) >= 11 is 1.69. The Labute approximate surface area is 221 Å². The summed E-state index contributed by atoms with van der Waals surface area (Å²) in [6.07, 6.45) is 6.71. The van der Waals surface area contributed by atoms with Crippen LogP contribution < -0.4 is 10.9 Å². The van der Waals surface area contributed by atoms with Gasteiger partial charge in [-0.05, 0) is 104 Å². The number of hydrogen-bond acceptors (Lipinski definition) is 6. The minimum atomic E-state index is -0.146. The third-order valence-corrected chi connectivity index (χ3v) is 8.40. The van der Waals surface area contributed by atoms with Crippen molar-refractivity contribution in [2.24, 2.45) is 4.99 Å². The van der Waals surface area contributed by atoms with Crippen LogP contribution in [0.3, 0.4) is 0 Å². The van der Waals surface area contributed by atoms with Gasteiger partial charge in [0.1, 0.15) is 0 Å². The molecular weight excluding hydrogens is 482 g/mol. The number of carbonyl (C=O) groups excluding carboxylic acids is 1. The smallest absolute Gasteiger partial charge is 0.259 e. The van der Waals surface area contributed by atoms with Crippen molar-refractivity contribution < 1.29 is 4.79 Å². The highest BCUT2D eigenvalue weighted by molar-refractivity contribution is 7.07. The number of nitrogens with one attached hydrogen (secondary N) is 2. The van der Waals surface area contributed by atoms with Crippen molar-refractivity contribution in [3.63, 3.8) is 0 Å². The second-order valence-electron chi connectivity index (χ2n) is 10.5. The maximum absolute atomic E-state index is 13.1. The van der Waals surface area contributed by atoms with Crippen LogP contribution in [0.2, 0.25) is 0 Å². The summed E-state index contributed by atoms with van der Waals surface area (Å²) in [7, 11) is 0. The molecule has 37 heavy (non-hydrogen) atoms. The largest absolute Gasteiger partial charge is 0.382 e. The average Bonchev–Trinajstić information content (AvgIpc) is 3.67. The summed E-state index contributed by atoms with van der Waals surface area (Å²) in [6, 6.07) is 8.27. The number of anilines is 1. The first-order valence-electron chi connectivity index (χ1n) is 13.3. The molecule has 5 heterocycles. The number of aromatic amines is 1. The van der Waals surface area contributed by atoms with Crippen molar-refractivity contribution in [2.75, 3.05) is 31.5 Å². The van der Waals surface area contributed by atoms with Crippen LogP contribution in [0.5, 0.6) is 0 Å². The molecule has 3 aliphatic heterocycles. The van der Waals surface area contributed by atoms with Gasteiger partial charge in [0.15, 0.2) is 0 Å². The highest BCUT2D eigenvalue weighted by Crippen LogP contribution is 2.36. The number of pyridine rings is 1. The number of nitrogens with zero attached hydrogens (tertiary/aromatic N) is 3. The van der Waals surface area contributed by atoms with Crippen molar-refractivity contribution in [1.82, 2.24) is 14.8 Å². The SMILES string of the molecule is CC(Cc1ccsc1)Nc1cc[nH]c(=O)c1C1=Nc2cc3c(cc2C1)C(=O)N(CCCN1CCCC1)C3. The number of thiophene rings is 1. The zero-order chi connectivity index (χ0) is 25.4. The molecule has 2 aromatic heterocycles. The number of fused-ring (bicyclic) bond motifs is 2. The van der Waals surface area contributed by atoms with E-state index in [4.69, 9.17) is 4.99 Å². The Balaban J connectivity index is 1.17. The van der Waals surface area contributed by atoms with Crippen LogP contribution in [0.15, 0.2) is 51.0 Å². The van der Waals surface area contributed by atoms with Gasteiger partial charge in [0, 0.05) is 37.3 Å². The van der Waals surface area contributed by atoms with E-state index in [0.29, 0.717) is 18.5 Å². The van der Waals surface area contributed by atoms with E-state index < -0.39 is 0 Å². The van der Waals surface area contributed by atoms with Crippen molar-refractivity contribution in [3.8, 4) is 0 Å². The van der Waals surface area contributed by atoms with Gasteiger partial charge < -0.3 is 20.1 Å². The number of aromatic nitrogens is 1. The molecule has 1 saturated heterocycles. The average molecular weight is 516 g/mol. The number of carbonyl (C=O) groups is 1. The second kappa shape index (κ2) is 10.3. The van der Waals surface area contributed by atoms with Crippen LogP contribution in [0.4, 0.5) is 11.4 Å². The van der Waals surface area contributed by atoms with Gasteiger partial charge in [0.25, 0.3) is 11.5 Å². The Hall–Kier alpha value is -3.23. The molecule has 3 aliphatic rings. The minimum absolute atomic E-state index is 0.120. The van der Waals surface area contributed by atoms with E-state index in [1.54, 1.807) is 17.5 Å². The molecule has 1 unspecified atom stereocenters. The third kappa shape index (κ3) is 5.00. The molecule has 0 spiro atoms. The molecule has 0 saturated carbocycles. The van der Waals surface area contributed by atoms with Gasteiger partial charge in [-0.25, -0.2) is 0 Å². The zero-order valence-corrected chi connectivity index (χ0v) is 22.1. The Bertz CT molecular complexity index is 1390. The van der Waals surface area contributed by atoms with Gasteiger partial charge in [-0.1, -0.05) is 0 Å². The van der Waals surface area contributed by atoms with Crippen molar-refractivity contribution in [3.05, 3.63) is 79.4 Å². The van der Waals surface area contributed by atoms with Gasteiger partial charge in [-0.2, -0.15) is 11.3 Å². The first-order chi connectivity index (χ1) is 18.0. The van der Waals surface area contributed by atoms with E-state index >= 15 is 0 Å². The third-order valence-electron chi connectivity index (χ3n) is 7.67. The topological polar surface area (TPSA) is 80.8 Å². The predicted octanol–water partition coefficient (Wildman–Crippen LogP) is 4.60. The van der Waals surface area contributed by atoms with Crippen LogP contribution in [0.1, 0.15) is 58.8 Å². The molecule has 0 aliphatic carbocycles. The van der Waals surface area contributed by atoms with E-state index in [2.05, 4.69) is 45.0 Å². The lowest BCUT2D eigenvalue weighted by Crippen LogP contribution is -2.29. The summed E-state index contributed by atoms with van der Waals surface area (Å²) < 4.78 is 0. The van der Waals surface area contributed by atoms with E-state index in [-0.39, 0.29) is 17.5 Å². The Morgan fingerprint density at radius 2 is 2.00 bits per heavy atom. The van der Waals surface area contributed by atoms with Crippen LogP contribution >= 0.6 is 11.3 Å². The van der Waals surface area contributed by atoms with E-state index in [1.165, 1.54) is 31.5 Å². The number of amides is 1. The standard InChI is InChI=1S/C29H33N5O2S/c1-19(13-20-6-12-37-18-20)31-24-5-7-30-28(35)27(24)26-15-21-14-23-22(16-25(21)32-26)17-34(29(23)36)11-4-10-33-8-2-3-9-33/h5-7,12,14,16,18-19H,2-4,8-11,13,15,17H2,1H3,(H2,30,31,35). The van der Waals surface area contributed by atoms with Gasteiger partial charge >= 0.3 is 0 Å². The van der Waals surface area contributed by atoms with Gasteiger partial charge in [0.2, 0.25) is 0 Å². The van der Waals surface area contributed by atoms with E-state index in [0.717, 1.165) is 59.7 Å². The molecule has 0 radical (unpaired) electrons. The normalized spacial score (nSPS) is 17.7. The molecule has 7 nitrogen and oxygen atoms in total. The molecule has 1 amide bonds. The number of rotatable bonds is 9. The van der Waals surface area contributed by atoms with Crippen molar-refractivity contribution in [1.29, 1.82) is 0 Å². The summed E-state index contributed by atoms with van der Waals surface area (Å²) in [6.45, 7) is 7.01. The highest BCUT2D eigenvalue weighted by Gasteiger charge is 2.31. The molecule has 2 N–H and O–H groups in total. The molecule has 1 aromatic carbocycles. The lowest BCUT2D eigenvalue weighted by atomic mass is 10.00. The van der Waals surface area contributed by atoms with Gasteiger partial charge in [-0.3, -0.25) is 14.6 Å². The molecule has 1 fully saturated rings. The maximum atomic E-state index is 13.1. The number of hydrogen-bond donors (Lipinski definition) is 2. The van der Waals surface area contributed by atoms with Crippen molar-refractivity contribution in [2.45, 2.75) is 51.6 Å². The summed E-state index contributed by atoms with van der Waals surface area (Å²) in [5.74, 6) is 0.120.